The molecule has 1 atom stereocenters. The summed E-state index contributed by atoms with van der Waals surface area (Å²) in [7, 11) is 0. The number of nitrogens with zero attached hydrogens (tertiary/aromatic N) is 2. The zero-order chi connectivity index (χ0) is 17.6. The van der Waals surface area contributed by atoms with E-state index in [1.807, 2.05) is 24.6 Å². The summed E-state index contributed by atoms with van der Waals surface area (Å²) in [6.07, 6.45) is 0.176. The molecule has 130 valence electrons. The molecule has 0 radical (unpaired) electrons. The van der Waals surface area contributed by atoms with Crippen LogP contribution in [0.4, 0.5) is 4.79 Å². The topological polar surface area (TPSA) is 85.2 Å². The second-order valence-corrected chi connectivity index (χ2v) is 6.66. The van der Waals surface area contributed by atoms with Crippen molar-refractivity contribution in [2.24, 2.45) is 0 Å². The lowest BCUT2D eigenvalue weighted by Crippen LogP contribution is -2.46. The Morgan fingerprint density at radius 3 is 2.52 bits per heavy atom. The number of hydrogen-bond acceptors (Lipinski definition) is 4. The van der Waals surface area contributed by atoms with Crippen molar-refractivity contribution in [2.45, 2.75) is 66.2 Å². The highest BCUT2D eigenvalue weighted by molar-refractivity contribution is 5.85. The van der Waals surface area contributed by atoms with Gasteiger partial charge in [0.1, 0.15) is 11.6 Å². The van der Waals surface area contributed by atoms with E-state index >= 15 is 0 Å². The van der Waals surface area contributed by atoms with Crippen LogP contribution >= 0.6 is 0 Å². The number of carbonyl (C=O) groups excluding carboxylic acids is 2. The molecule has 0 spiro atoms. The Morgan fingerprint density at radius 1 is 1.35 bits per heavy atom. The monoisotopic (exact) mass is 324 g/mol. The number of rotatable bonds is 6. The Labute approximate surface area is 137 Å². The molecule has 0 aromatic carbocycles. The predicted molar refractivity (Wildman–Crippen MR) is 88.2 cm³/mol. The van der Waals surface area contributed by atoms with Crippen molar-refractivity contribution >= 4 is 12.0 Å². The fourth-order valence-electron chi connectivity index (χ4n) is 2.04. The maximum atomic E-state index is 11.9. The Kier molecular flexibility index (Phi) is 6.60. The summed E-state index contributed by atoms with van der Waals surface area (Å²) in [6.45, 7) is 12.2. The third-order valence-corrected chi connectivity index (χ3v) is 3.08. The Hall–Kier alpha value is -2.05. The molecule has 0 bridgehead atoms. The smallest absolute Gasteiger partial charge is 0.408 e. The van der Waals surface area contributed by atoms with Gasteiger partial charge in [-0.1, -0.05) is 0 Å². The Bertz CT molecular complexity index is 546. The van der Waals surface area contributed by atoms with Crippen molar-refractivity contribution in [3.63, 3.8) is 0 Å². The number of aryl methyl sites for hydroxylation is 3. The maximum absolute atomic E-state index is 11.9. The van der Waals surface area contributed by atoms with Crippen molar-refractivity contribution < 1.29 is 14.3 Å². The summed E-state index contributed by atoms with van der Waals surface area (Å²) >= 11 is 0. The van der Waals surface area contributed by atoms with Gasteiger partial charge in [-0.25, -0.2) is 4.79 Å². The van der Waals surface area contributed by atoms with Crippen molar-refractivity contribution in [1.82, 2.24) is 20.4 Å². The van der Waals surface area contributed by atoms with Crippen LogP contribution < -0.4 is 10.6 Å². The molecular formula is C16H28N4O3. The summed E-state index contributed by atoms with van der Waals surface area (Å²) in [5.41, 5.74) is 1.51. The van der Waals surface area contributed by atoms with E-state index in [9.17, 15) is 9.59 Å². The molecule has 0 unspecified atom stereocenters. The normalized spacial score (nSPS) is 12.6. The van der Waals surface area contributed by atoms with Crippen molar-refractivity contribution in [3.8, 4) is 0 Å². The van der Waals surface area contributed by atoms with Crippen LogP contribution in [0.1, 0.15) is 45.5 Å². The number of ether oxygens (including phenoxy) is 1. The molecular weight excluding hydrogens is 296 g/mol. The van der Waals surface area contributed by atoms with Gasteiger partial charge in [-0.3, -0.25) is 9.48 Å². The minimum absolute atomic E-state index is 0.232. The number of hydrogen-bond donors (Lipinski definition) is 2. The molecule has 7 heteroatoms. The lowest BCUT2D eigenvalue weighted by atomic mass is 10.2. The molecule has 0 aliphatic carbocycles. The van der Waals surface area contributed by atoms with Gasteiger partial charge in [-0.15, -0.1) is 0 Å². The molecule has 0 aliphatic rings. The zero-order valence-corrected chi connectivity index (χ0v) is 14.9. The van der Waals surface area contributed by atoms with E-state index in [-0.39, 0.29) is 5.91 Å². The third kappa shape index (κ3) is 7.17. The van der Waals surface area contributed by atoms with Crippen molar-refractivity contribution in [1.29, 1.82) is 0 Å². The fourth-order valence-corrected chi connectivity index (χ4v) is 2.04. The van der Waals surface area contributed by atoms with Gasteiger partial charge in [0.25, 0.3) is 0 Å². The number of alkyl carbamates (subject to hydrolysis) is 1. The number of nitrogens with one attached hydrogen (secondary N) is 2. The van der Waals surface area contributed by atoms with Gasteiger partial charge in [0, 0.05) is 18.8 Å². The van der Waals surface area contributed by atoms with Gasteiger partial charge >= 0.3 is 6.09 Å². The van der Waals surface area contributed by atoms with Crippen LogP contribution in [0.3, 0.4) is 0 Å². The van der Waals surface area contributed by atoms with Crippen molar-refractivity contribution in [2.75, 3.05) is 6.54 Å². The number of carbonyl (C=O) groups is 2. The molecule has 2 amide bonds. The second kappa shape index (κ2) is 7.99. The molecule has 0 saturated carbocycles. The Balaban J connectivity index is 2.27. The predicted octanol–water partition coefficient (Wildman–Crippen LogP) is 1.92. The maximum Gasteiger partial charge on any atom is 0.408 e. The Morgan fingerprint density at radius 2 is 2.00 bits per heavy atom. The van der Waals surface area contributed by atoms with Crippen LogP contribution in [0, 0.1) is 13.8 Å². The van der Waals surface area contributed by atoms with Crippen LogP contribution in [0.5, 0.6) is 0 Å². The molecule has 1 aromatic rings. The van der Waals surface area contributed by atoms with Crippen LogP contribution in [0.15, 0.2) is 6.07 Å². The molecule has 0 saturated heterocycles. The summed E-state index contributed by atoms with van der Waals surface area (Å²) < 4.78 is 7.04. The molecule has 0 fully saturated rings. The SMILES string of the molecule is Cc1cc(C)n(CCCNC(=O)[C@@H](C)NC(=O)OC(C)(C)C)n1. The van der Waals surface area contributed by atoms with E-state index in [1.165, 1.54) is 0 Å². The number of amides is 2. The minimum atomic E-state index is -0.640. The van der Waals surface area contributed by atoms with E-state index in [4.69, 9.17) is 4.74 Å². The molecule has 2 N–H and O–H groups in total. The van der Waals surface area contributed by atoms with E-state index in [1.54, 1.807) is 27.7 Å². The van der Waals surface area contributed by atoms with E-state index in [2.05, 4.69) is 15.7 Å². The largest absolute Gasteiger partial charge is 0.444 e. The van der Waals surface area contributed by atoms with Gasteiger partial charge < -0.3 is 15.4 Å². The highest BCUT2D eigenvalue weighted by Gasteiger charge is 2.20. The first-order valence-corrected chi connectivity index (χ1v) is 7.87. The summed E-state index contributed by atoms with van der Waals surface area (Å²) in [4.78, 5) is 23.5. The lowest BCUT2D eigenvalue weighted by Gasteiger charge is -2.21. The molecule has 23 heavy (non-hydrogen) atoms. The van der Waals surface area contributed by atoms with E-state index in [0.717, 1.165) is 24.4 Å². The molecule has 1 heterocycles. The number of aromatic nitrogens is 2. The highest BCUT2D eigenvalue weighted by Crippen LogP contribution is 2.06. The molecule has 1 aromatic heterocycles. The van der Waals surface area contributed by atoms with E-state index in [0.29, 0.717) is 6.54 Å². The lowest BCUT2D eigenvalue weighted by molar-refractivity contribution is -0.122. The average molecular weight is 324 g/mol. The van der Waals surface area contributed by atoms with Crippen molar-refractivity contribution in [3.05, 3.63) is 17.5 Å². The zero-order valence-electron chi connectivity index (χ0n) is 14.9. The molecule has 0 aliphatic heterocycles. The van der Waals surface area contributed by atoms with Gasteiger partial charge in [0.05, 0.1) is 5.69 Å². The standard InChI is InChI=1S/C16H28N4O3/c1-11-10-12(2)20(19-11)9-7-8-17-14(21)13(3)18-15(22)23-16(4,5)6/h10,13H,7-9H2,1-6H3,(H,17,21)(H,18,22)/t13-/m1/s1. The fraction of sp³-hybridized carbons (Fsp3) is 0.688. The van der Waals surface area contributed by atoms with Crippen LogP contribution in [-0.4, -0.2) is 40.0 Å². The first kappa shape index (κ1) is 19.0. The summed E-state index contributed by atoms with van der Waals surface area (Å²) in [6, 6.07) is 1.38. The van der Waals surface area contributed by atoms with Gasteiger partial charge in [-0.2, -0.15) is 5.10 Å². The quantitative estimate of drug-likeness (QED) is 0.783. The van der Waals surface area contributed by atoms with Gasteiger partial charge in [0.2, 0.25) is 5.91 Å². The summed E-state index contributed by atoms with van der Waals surface area (Å²) in [5, 5.41) is 9.68. The molecule has 7 nitrogen and oxygen atoms in total. The highest BCUT2D eigenvalue weighted by atomic mass is 16.6. The van der Waals surface area contributed by atoms with E-state index < -0.39 is 17.7 Å². The first-order chi connectivity index (χ1) is 10.6. The minimum Gasteiger partial charge on any atom is -0.444 e. The second-order valence-electron chi connectivity index (χ2n) is 6.66. The summed E-state index contributed by atoms with van der Waals surface area (Å²) in [5.74, 6) is -0.232. The van der Waals surface area contributed by atoms with Crippen LogP contribution in [0.2, 0.25) is 0 Å². The first-order valence-electron chi connectivity index (χ1n) is 7.87. The molecule has 1 rings (SSSR count). The van der Waals surface area contributed by atoms with Crippen LogP contribution in [-0.2, 0) is 16.1 Å². The third-order valence-electron chi connectivity index (χ3n) is 3.08. The van der Waals surface area contributed by atoms with Crippen LogP contribution in [0.25, 0.3) is 0 Å². The average Bonchev–Trinajstić information content (AvgIpc) is 2.70. The van der Waals surface area contributed by atoms with Gasteiger partial charge in [0.15, 0.2) is 0 Å². The van der Waals surface area contributed by atoms with Gasteiger partial charge in [-0.05, 0) is 54.0 Å².